The van der Waals surface area contributed by atoms with Gasteiger partial charge < -0.3 is 11.1 Å². The first kappa shape index (κ1) is 12.4. The molecule has 1 aromatic carbocycles. The molecule has 0 bridgehead atoms. The fourth-order valence-electron chi connectivity index (χ4n) is 1.62. The number of benzene rings is 1. The normalized spacial score (nSPS) is 12.3. The van der Waals surface area contributed by atoms with Gasteiger partial charge in [0, 0.05) is 30.5 Å². The van der Waals surface area contributed by atoms with E-state index in [1.807, 2.05) is 25.1 Å². The van der Waals surface area contributed by atoms with Gasteiger partial charge in [0.05, 0.1) is 11.0 Å². The molecule has 0 aliphatic carbocycles. The van der Waals surface area contributed by atoms with Gasteiger partial charge in [0.25, 0.3) is 0 Å². The molecule has 3 N–H and O–H groups in total. The summed E-state index contributed by atoms with van der Waals surface area (Å²) in [7, 11) is 0. The molecule has 0 spiro atoms. The first-order valence-corrected chi connectivity index (χ1v) is 5.91. The maximum Gasteiger partial charge on any atom is 0.224 e. The van der Waals surface area contributed by atoms with Crippen LogP contribution in [0.5, 0.6) is 0 Å². The minimum absolute atomic E-state index is 0.0319. The molecule has 2 aromatic rings. The molecular weight excluding hydrogens is 228 g/mol. The number of nitrogens with one attached hydrogen (secondary N) is 1. The standard InChI is InChI=1S/C13H16N4O/c1-9(14)2-5-13(18)17-10-3-4-11-12(8-10)16-7-6-15-11/h3-4,6-9H,2,5,14H2,1H3,(H,17,18). The Morgan fingerprint density at radius 3 is 2.78 bits per heavy atom. The number of amides is 1. The van der Waals surface area contributed by atoms with Gasteiger partial charge in [0.1, 0.15) is 0 Å². The van der Waals surface area contributed by atoms with Crippen LogP contribution >= 0.6 is 0 Å². The maximum absolute atomic E-state index is 11.7. The molecule has 0 saturated heterocycles. The molecule has 1 aromatic heterocycles. The molecule has 1 amide bonds. The van der Waals surface area contributed by atoms with E-state index in [0.717, 1.165) is 16.7 Å². The lowest BCUT2D eigenvalue weighted by atomic mass is 10.2. The Hall–Kier alpha value is -2.01. The number of hydrogen-bond donors (Lipinski definition) is 2. The van der Waals surface area contributed by atoms with Gasteiger partial charge in [-0.2, -0.15) is 0 Å². The highest BCUT2D eigenvalue weighted by Gasteiger charge is 2.05. The number of fused-ring (bicyclic) bond motifs is 1. The van der Waals surface area contributed by atoms with Crippen molar-refractivity contribution in [1.29, 1.82) is 0 Å². The van der Waals surface area contributed by atoms with E-state index in [4.69, 9.17) is 5.73 Å². The van der Waals surface area contributed by atoms with Crippen molar-refractivity contribution in [2.24, 2.45) is 5.73 Å². The number of carbonyl (C=O) groups excluding carboxylic acids is 1. The van der Waals surface area contributed by atoms with E-state index in [2.05, 4.69) is 15.3 Å². The van der Waals surface area contributed by atoms with Crippen LogP contribution in [0.4, 0.5) is 5.69 Å². The molecule has 1 unspecified atom stereocenters. The highest BCUT2D eigenvalue weighted by Crippen LogP contribution is 2.15. The second-order valence-corrected chi connectivity index (χ2v) is 4.32. The zero-order valence-electron chi connectivity index (χ0n) is 10.3. The van der Waals surface area contributed by atoms with E-state index >= 15 is 0 Å². The molecule has 0 saturated carbocycles. The third kappa shape index (κ3) is 3.24. The third-order valence-corrected chi connectivity index (χ3v) is 2.58. The fraction of sp³-hybridized carbons (Fsp3) is 0.308. The molecule has 94 valence electrons. The molecule has 1 atom stereocenters. The van der Waals surface area contributed by atoms with E-state index in [-0.39, 0.29) is 11.9 Å². The first-order valence-electron chi connectivity index (χ1n) is 5.91. The van der Waals surface area contributed by atoms with Crippen molar-refractivity contribution >= 4 is 22.6 Å². The predicted octanol–water partition coefficient (Wildman–Crippen LogP) is 1.70. The van der Waals surface area contributed by atoms with Crippen molar-refractivity contribution in [3.8, 4) is 0 Å². The number of carbonyl (C=O) groups is 1. The summed E-state index contributed by atoms with van der Waals surface area (Å²) in [5, 5.41) is 2.83. The fourth-order valence-corrected chi connectivity index (χ4v) is 1.62. The average Bonchev–Trinajstić information content (AvgIpc) is 2.36. The van der Waals surface area contributed by atoms with Crippen molar-refractivity contribution in [3.05, 3.63) is 30.6 Å². The molecule has 0 aliphatic rings. The summed E-state index contributed by atoms with van der Waals surface area (Å²) in [6.07, 6.45) is 4.38. The second kappa shape index (κ2) is 5.55. The SMILES string of the molecule is CC(N)CCC(=O)Nc1ccc2nccnc2c1. The lowest BCUT2D eigenvalue weighted by Gasteiger charge is -2.07. The van der Waals surface area contributed by atoms with Gasteiger partial charge >= 0.3 is 0 Å². The number of rotatable bonds is 4. The van der Waals surface area contributed by atoms with E-state index in [1.165, 1.54) is 0 Å². The van der Waals surface area contributed by atoms with Gasteiger partial charge in [-0.3, -0.25) is 14.8 Å². The van der Waals surface area contributed by atoms with Crippen molar-refractivity contribution < 1.29 is 4.79 Å². The Balaban J connectivity index is 2.05. The number of hydrogen-bond acceptors (Lipinski definition) is 4. The Morgan fingerprint density at radius 2 is 2.06 bits per heavy atom. The van der Waals surface area contributed by atoms with Crippen molar-refractivity contribution in [1.82, 2.24) is 9.97 Å². The monoisotopic (exact) mass is 244 g/mol. The van der Waals surface area contributed by atoms with Crippen LogP contribution in [0.25, 0.3) is 11.0 Å². The first-order chi connectivity index (χ1) is 8.65. The van der Waals surface area contributed by atoms with Crippen LogP contribution in [0.15, 0.2) is 30.6 Å². The van der Waals surface area contributed by atoms with E-state index in [1.54, 1.807) is 12.4 Å². The Kier molecular flexibility index (Phi) is 3.84. The third-order valence-electron chi connectivity index (χ3n) is 2.58. The largest absolute Gasteiger partial charge is 0.328 e. The number of aromatic nitrogens is 2. The number of nitrogens with two attached hydrogens (primary N) is 1. The summed E-state index contributed by atoms with van der Waals surface area (Å²) >= 11 is 0. The Labute approximate surface area is 105 Å². The topological polar surface area (TPSA) is 80.9 Å². The molecule has 0 fully saturated rings. The quantitative estimate of drug-likeness (QED) is 0.857. The van der Waals surface area contributed by atoms with Crippen molar-refractivity contribution in [2.45, 2.75) is 25.8 Å². The second-order valence-electron chi connectivity index (χ2n) is 4.32. The van der Waals surface area contributed by atoms with E-state index in [0.29, 0.717) is 12.8 Å². The highest BCUT2D eigenvalue weighted by molar-refractivity contribution is 5.92. The van der Waals surface area contributed by atoms with Gasteiger partial charge in [-0.15, -0.1) is 0 Å². The van der Waals surface area contributed by atoms with Crippen LogP contribution in [0.3, 0.4) is 0 Å². The molecule has 5 nitrogen and oxygen atoms in total. The number of anilines is 1. The van der Waals surface area contributed by atoms with Crippen LogP contribution in [0.1, 0.15) is 19.8 Å². The minimum atomic E-state index is -0.0319. The molecular formula is C13H16N4O. The van der Waals surface area contributed by atoms with Crippen LogP contribution in [0.2, 0.25) is 0 Å². The van der Waals surface area contributed by atoms with Gasteiger partial charge in [0.2, 0.25) is 5.91 Å². The molecule has 1 heterocycles. The molecule has 0 aliphatic heterocycles. The lowest BCUT2D eigenvalue weighted by molar-refractivity contribution is -0.116. The van der Waals surface area contributed by atoms with Gasteiger partial charge in [-0.1, -0.05) is 0 Å². The summed E-state index contributed by atoms with van der Waals surface area (Å²) in [6, 6.07) is 5.51. The summed E-state index contributed by atoms with van der Waals surface area (Å²) in [5.41, 5.74) is 7.92. The van der Waals surface area contributed by atoms with Crippen molar-refractivity contribution in [2.75, 3.05) is 5.32 Å². The minimum Gasteiger partial charge on any atom is -0.328 e. The van der Waals surface area contributed by atoms with Gasteiger partial charge in [-0.25, -0.2) is 0 Å². The van der Waals surface area contributed by atoms with Crippen LogP contribution < -0.4 is 11.1 Å². The smallest absolute Gasteiger partial charge is 0.224 e. The molecule has 2 rings (SSSR count). The lowest BCUT2D eigenvalue weighted by Crippen LogP contribution is -2.19. The summed E-state index contributed by atoms with van der Waals surface area (Å²) in [6.45, 7) is 1.89. The maximum atomic E-state index is 11.7. The van der Waals surface area contributed by atoms with Crippen LogP contribution in [0, 0.1) is 0 Å². The van der Waals surface area contributed by atoms with Gasteiger partial charge in [-0.05, 0) is 31.5 Å². The predicted molar refractivity (Wildman–Crippen MR) is 71.1 cm³/mol. The van der Waals surface area contributed by atoms with Gasteiger partial charge in [0.15, 0.2) is 0 Å². The Bertz CT molecular complexity index is 553. The molecule has 0 radical (unpaired) electrons. The summed E-state index contributed by atoms with van der Waals surface area (Å²) < 4.78 is 0. The summed E-state index contributed by atoms with van der Waals surface area (Å²) in [4.78, 5) is 20.0. The van der Waals surface area contributed by atoms with Crippen molar-refractivity contribution in [3.63, 3.8) is 0 Å². The summed E-state index contributed by atoms with van der Waals surface area (Å²) in [5.74, 6) is -0.0319. The zero-order valence-corrected chi connectivity index (χ0v) is 10.3. The average molecular weight is 244 g/mol. The highest BCUT2D eigenvalue weighted by atomic mass is 16.1. The number of nitrogens with zero attached hydrogens (tertiary/aromatic N) is 2. The Morgan fingerprint density at radius 1 is 1.33 bits per heavy atom. The van der Waals surface area contributed by atoms with E-state index < -0.39 is 0 Å². The van der Waals surface area contributed by atoms with Crippen LogP contribution in [-0.2, 0) is 4.79 Å². The zero-order chi connectivity index (χ0) is 13.0. The molecule has 18 heavy (non-hydrogen) atoms. The van der Waals surface area contributed by atoms with E-state index in [9.17, 15) is 4.79 Å². The molecule has 5 heteroatoms. The van der Waals surface area contributed by atoms with Crippen LogP contribution in [-0.4, -0.2) is 21.9 Å².